The summed E-state index contributed by atoms with van der Waals surface area (Å²) in [6, 6.07) is 9.94. The zero-order valence-corrected chi connectivity index (χ0v) is 23.4. The van der Waals surface area contributed by atoms with Crippen LogP contribution in [0.25, 0.3) is 22.1 Å². The van der Waals surface area contributed by atoms with Gasteiger partial charge in [0.1, 0.15) is 39.9 Å². The third-order valence-corrected chi connectivity index (χ3v) is 7.81. The van der Waals surface area contributed by atoms with E-state index in [2.05, 4.69) is 22.2 Å². The summed E-state index contributed by atoms with van der Waals surface area (Å²) in [4.78, 5) is 29.7. The number of anilines is 1. The maximum absolute atomic E-state index is 12.4. The van der Waals surface area contributed by atoms with Gasteiger partial charge in [-0.2, -0.15) is 0 Å². The van der Waals surface area contributed by atoms with Gasteiger partial charge in [-0.3, -0.25) is 0 Å². The summed E-state index contributed by atoms with van der Waals surface area (Å²) in [5, 5.41) is 13.6. The Labute approximate surface area is 228 Å². The second kappa shape index (κ2) is 13.1. The van der Waals surface area contributed by atoms with Gasteiger partial charge in [-0.1, -0.05) is 31.4 Å². The van der Waals surface area contributed by atoms with E-state index in [1.807, 2.05) is 37.3 Å². The fourth-order valence-corrected chi connectivity index (χ4v) is 5.53. The van der Waals surface area contributed by atoms with Crippen LogP contribution < -0.4 is 15.0 Å². The molecule has 2 N–H and O–H groups in total. The number of rotatable bonds is 11. The molecule has 0 spiro atoms. The fraction of sp³-hybridized carbons (Fsp3) is 0.500. The number of thiazole rings is 1. The number of aromatic nitrogens is 3. The molecule has 38 heavy (non-hydrogen) atoms. The van der Waals surface area contributed by atoms with Gasteiger partial charge in [0.25, 0.3) is 0 Å². The van der Waals surface area contributed by atoms with E-state index in [4.69, 9.17) is 19.4 Å². The summed E-state index contributed by atoms with van der Waals surface area (Å²) in [6.45, 7) is 4.54. The van der Waals surface area contributed by atoms with Crippen molar-refractivity contribution >= 4 is 23.1 Å². The number of aliphatic hydroxyl groups is 1. The number of hydrogen-bond acceptors (Lipinski definition) is 10. The number of carbonyl (C=O) groups is 1. The minimum atomic E-state index is -0.610. The second-order valence-electron chi connectivity index (χ2n) is 9.54. The molecule has 2 aromatic heterocycles. The standard InChI is InChI=1S/C28H37N5O4S/c1-5-36-28(35)25-18(2)30-27(38-25)23-15-24(33(4)20-11-7-6-8-12-20)32-26(31-23)19-10-9-13-22(14-19)37-17-21(34)16-29-3/h9-10,13-15,20-21,29,34H,5-8,11-12,16-17H2,1-4H3. The zero-order valence-electron chi connectivity index (χ0n) is 22.6. The van der Waals surface area contributed by atoms with Crippen LogP contribution in [-0.4, -0.2) is 72.0 Å². The minimum Gasteiger partial charge on any atom is -0.491 e. The van der Waals surface area contributed by atoms with Crippen molar-refractivity contribution in [1.82, 2.24) is 20.3 Å². The highest BCUT2D eigenvalue weighted by molar-refractivity contribution is 7.17. The third-order valence-electron chi connectivity index (χ3n) is 6.65. The van der Waals surface area contributed by atoms with Crippen LogP contribution in [0.4, 0.5) is 5.82 Å². The lowest BCUT2D eigenvalue weighted by atomic mass is 9.94. The summed E-state index contributed by atoms with van der Waals surface area (Å²) in [5.41, 5.74) is 2.08. The first-order valence-corrected chi connectivity index (χ1v) is 14.0. The van der Waals surface area contributed by atoms with E-state index in [1.165, 1.54) is 30.6 Å². The Bertz CT molecular complexity index is 1230. The van der Waals surface area contributed by atoms with Gasteiger partial charge in [-0.15, -0.1) is 11.3 Å². The average molecular weight is 540 g/mol. The van der Waals surface area contributed by atoms with Crippen LogP contribution in [0.5, 0.6) is 5.75 Å². The molecular weight excluding hydrogens is 502 g/mol. The second-order valence-corrected chi connectivity index (χ2v) is 10.5. The largest absolute Gasteiger partial charge is 0.491 e. The van der Waals surface area contributed by atoms with Gasteiger partial charge in [-0.25, -0.2) is 19.7 Å². The van der Waals surface area contributed by atoms with E-state index < -0.39 is 6.10 Å². The number of aryl methyl sites for hydroxylation is 1. The van der Waals surface area contributed by atoms with Gasteiger partial charge in [0.2, 0.25) is 0 Å². The first-order chi connectivity index (χ1) is 18.4. The van der Waals surface area contributed by atoms with Gasteiger partial charge >= 0.3 is 5.97 Å². The van der Waals surface area contributed by atoms with Crippen LogP contribution in [0.2, 0.25) is 0 Å². The monoisotopic (exact) mass is 539 g/mol. The number of carbonyl (C=O) groups excluding carboxylic acids is 1. The van der Waals surface area contributed by atoms with Gasteiger partial charge < -0.3 is 24.8 Å². The van der Waals surface area contributed by atoms with E-state index in [9.17, 15) is 9.90 Å². The summed E-state index contributed by atoms with van der Waals surface area (Å²) in [5.74, 6) is 1.63. The predicted octanol–water partition coefficient (Wildman–Crippen LogP) is 4.48. The maximum atomic E-state index is 12.4. The van der Waals surface area contributed by atoms with Gasteiger partial charge in [0.15, 0.2) is 5.82 Å². The Hall–Kier alpha value is -3.08. The van der Waals surface area contributed by atoms with Crippen LogP contribution >= 0.6 is 11.3 Å². The van der Waals surface area contributed by atoms with E-state index in [0.29, 0.717) is 52.0 Å². The molecule has 4 rings (SSSR count). The maximum Gasteiger partial charge on any atom is 0.350 e. The minimum absolute atomic E-state index is 0.176. The number of esters is 1. The van der Waals surface area contributed by atoms with Crippen molar-refractivity contribution in [2.75, 3.05) is 38.8 Å². The molecule has 3 aromatic rings. The van der Waals surface area contributed by atoms with Crippen LogP contribution in [0.1, 0.15) is 54.4 Å². The van der Waals surface area contributed by atoms with Crippen molar-refractivity contribution in [3.8, 4) is 27.8 Å². The Balaban J connectivity index is 1.71. The molecule has 9 nitrogen and oxygen atoms in total. The number of benzene rings is 1. The van der Waals surface area contributed by atoms with Crippen LogP contribution in [0, 0.1) is 6.92 Å². The first kappa shape index (κ1) is 27.9. The summed E-state index contributed by atoms with van der Waals surface area (Å²) >= 11 is 1.29. The highest BCUT2D eigenvalue weighted by atomic mass is 32.1. The predicted molar refractivity (Wildman–Crippen MR) is 150 cm³/mol. The normalized spacial score (nSPS) is 14.8. The quantitative estimate of drug-likeness (QED) is 0.341. The molecule has 1 aliphatic carbocycles. The van der Waals surface area contributed by atoms with Crippen molar-refractivity contribution in [2.24, 2.45) is 0 Å². The highest BCUT2D eigenvalue weighted by Crippen LogP contribution is 2.33. The van der Waals surface area contributed by atoms with Crippen molar-refractivity contribution < 1.29 is 19.4 Å². The summed E-state index contributed by atoms with van der Waals surface area (Å²) < 4.78 is 11.0. The molecule has 0 amide bonds. The number of hydrogen-bond donors (Lipinski definition) is 2. The number of ether oxygens (including phenoxy) is 2. The Morgan fingerprint density at radius 2 is 2.00 bits per heavy atom. The van der Waals surface area contributed by atoms with Crippen molar-refractivity contribution in [2.45, 2.75) is 58.1 Å². The number of nitrogens with zero attached hydrogens (tertiary/aromatic N) is 4. The lowest BCUT2D eigenvalue weighted by Gasteiger charge is -2.32. The average Bonchev–Trinajstić information content (AvgIpc) is 3.34. The smallest absolute Gasteiger partial charge is 0.350 e. The van der Waals surface area contributed by atoms with Gasteiger partial charge in [0.05, 0.1) is 12.3 Å². The molecule has 0 aliphatic heterocycles. The van der Waals surface area contributed by atoms with Crippen LogP contribution in [0.15, 0.2) is 30.3 Å². The molecule has 10 heteroatoms. The summed E-state index contributed by atoms with van der Waals surface area (Å²) in [6.07, 6.45) is 5.36. The molecular formula is C28H37N5O4S. The molecule has 1 unspecified atom stereocenters. The van der Waals surface area contributed by atoms with Gasteiger partial charge in [0, 0.05) is 31.3 Å². The van der Waals surface area contributed by atoms with Crippen molar-refractivity contribution in [3.63, 3.8) is 0 Å². The van der Waals surface area contributed by atoms with E-state index >= 15 is 0 Å². The molecule has 0 saturated heterocycles. The van der Waals surface area contributed by atoms with Gasteiger partial charge in [-0.05, 0) is 45.9 Å². The number of likely N-dealkylation sites (N-methyl/N-ethyl adjacent to an activating group) is 1. The highest BCUT2D eigenvalue weighted by Gasteiger charge is 2.23. The molecule has 1 fully saturated rings. The molecule has 2 heterocycles. The van der Waals surface area contributed by atoms with Crippen molar-refractivity contribution in [3.05, 3.63) is 40.9 Å². The van der Waals surface area contributed by atoms with Crippen LogP contribution in [0.3, 0.4) is 0 Å². The zero-order chi connectivity index (χ0) is 27.1. The number of nitrogens with one attached hydrogen (secondary N) is 1. The Morgan fingerprint density at radius 3 is 2.74 bits per heavy atom. The van der Waals surface area contributed by atoms with E-state index in [0.717, 1.165) is 24.2 Å². The topological polar surface area (TPSA) is 110 Å². The fourth-order valence-electron chi connectivity index (χ4n) is 4.61. The first-order valence-electron chi connectivity index (χ1n) is 13.2. The Kier molecular flexibility index (Phi) is 9.65. The molecule has 0 bridgehead atoms. The van der Waals surface area contributed by atoms with Crippen molar-refractivity contribution in [1.29, 1.82) is 0 Å². The summed E-state index contributed by atoms with van der Waals surface area (Å²) in [7, 11) is 3.88. The molecule has 1 atom stereocenters. The number of aliphatic hydroxyl groups excluding tert-OH is 1. The molecule has 204 valence electrons. The van der Waals surface area contributed by atoms with Crippen LogP contribution in [-0.2, 0) is 4.74 Å². The molecule has 0 radical (unpaired) electrons. The van der Waals surface area contributed by atoms with E-state index in [1.54, 1.807) is 14.0 Å². The molecule has 1 aliphatic rings. The van der Waals surface area contributed by atoms with E-state index in [-0.39, 0.29) is 12.6 Å². The third kappa shape index (κ3) is 6.86. The molecule has 1 saturated carbocycles. The lowest BCUT2D eigenvalue weighted by Crippen LogP contribution is -2.34. The molecule has 1 aromatic carbocycles. The lowest BCUT2D eigenvalue weighted by molar-refractivity contribution is 0.0531. The SMILES string of the molecule is CCOC(=O)c1sc(-c2cc(N(C)C3CCCCC3)nc(-c3cccc(OCC(O)CNC)c3)n2)nc1C. The Morgan fingerprint density at radius 1 is 1.21 bits per heavy atom.